The predicted octanol–water partition coefficient (Wildman–Crippen LogP) is 0.612. The fraction of sp³-hybridized carbons (Fsp3) is 0.471. The van der Waals surface area contributed by atoms with Crippen LogP contribution in [0, 0.1) is 0 Å². The van der Waals surface area contributed by atoms with Crippen molar-refractivity contribution in [1.29, 1.82) is 0 Å². The Balaban J connectivity index is 1.44. The molecule has 0 bridgehead atoms. The molecule has 4 heterocycles. The maximum Gasteiger partial charge on any atom is 0.267 e. The van der Waals surface area contributed by atoms with Gasteiger partial charge in [0, 0.05) is 6.07 Å². The third-order valence-corrected chi connectivity index (χ3v) is 5.09. The zero-order valence-corrected chi connectivity index (χ0v) is 14.2. The molecule has 2 aliphatic rings. The van der Waals surface area contributed by atoms with Crippen LogP contribution in [-0.4, -0.2) is 48.8 Å². The van der Waals surface area contributed by atoms with Crippen LogP contribution in [-0.2, 0) is 17.6 Å². The van der Waals surface area contributed by atoms with Gasteiger partial charge in [-0.1, -0.05) is 0 Å². The Morgan fingerprint density at radius 2 is 2.08 bits per heavy atom. The molecule has 26 heavy (non-hydrogen) atoms. The summed E-state index contributed by atoms with van der Waals surface area (Å²) in [5.74, 6) is 0.684. The normalized spacial score (nSPS) is 22.5. The van der Waals surface area contributed by atoms with Crippen LogP contribution in [0.5, 0.6) is 0 Å². The minimum atomic E-state index is -0.159. The van der Waals surface area contributed by atoms with E-state index in [1.807, 2.05) is 12.1 Å². The quantitative estimate of drug-likeness (QED) is 0.736. The number of anilines is 1. The number of fused-ring (bicyclic) bond motifs is 2. The van der Waals surface area contributed by atoms with Crippen molar-refractivity contribution in [1.82, 2.24) is 29.6 Å². The first-order valence-corrected chi connectivity index (χ1v) is 8.91. The van der Waals surface area contributed by atoms with Crippen LogP contribution in [0.25, 0.3) is 5.65 Å². The van der Waals surface area contributed by atoms with Crippen LogP contribution in [0.3, 0.4) is 0 Å². The summed E-state index contributed by atoms with van der Waals surface area (Å²) in [7, 11) is 0. The summed E-state index contributed by atoms with van der Waals surface area (Å²) in [6, 6.07) is 5.20. The molecule has 0 amide bonds. The first-order chi connectivity index (χ1) is 12.8. The number of nitrogens with one attached hydrogen (secondary N) is 1. The van der Waals surface area contributed by atoms with Crippen LogP contribution in [0.1, 0.15) is 30.1 Å². The lowest BCUT2D eigenvalue weighted by Gasteiger charge is -2.23. The van der Waals surface area contributed by atoms with E-state index in [1.54, 1.807) is 21.6 Å². The second kappa shape index (κ2) is 6.17. The highest BCUT2D eigenvalue weighted by Gasteiger charge is 2.32. The van der Waals surface area contributed by atoms with Gasteiger partial charge in [0.15, 0.2) is 5.65 Å². The molecule has 2 unspecified atom stereocenters. The van der Waals surface area contributed by atoms with Crippen LogP contribution in [0.15, 0.2) is 29.3 Å². The molecular formula is C17H19N7O2. The largest absolute Gasteiger partial charge is 0.377 e. The highest BCUT2D eigenvalue weighted by atomic mass is 16.5. The van der Waals surface area contributed by atoms with Gasteiger partial charge in [-0.15, -0.1) is 15.3 Å². The molecule has 0 aromatic carbocycles. The first kappa shape index (κ1) is 15.4. The Morgan fingerprint density at radius 1 is 1.15 bits per heavy atom. The SMILES string of the molecule is O=c1cc2c(nn1C1COCC1Nc1ccc3nncn3n1)CCCC2. The van der Waals surface area contributed by atoms with Gasteiger partial charge in [-0.2, -0.15) is 9.61 Å². The van der Waals surface area contributed by atoms with Crippen molar-refractivity contribution in [3.8, 4) is 0 Å². The van der Waals surface area contributed by atoms with E-state index in [4.69, 9.17) is 4.74 Å². The predicted molar refractivity (Wildman–Crippen MR) is 93.2 cm³/mol. The summed E-state index contributed by atoms with van der Waals surface area (Å²) in [5.41, 5.74) is 2.77. The van der Waals surface area contributed by atoms with E-state index >= 15 is 0 Å². The lowest BCUT2D eigenvalue weighted by molar-refractivity contribution is 0.182. The molecule has 134 valence electrons. The molecule has 1 fully saturated rings. The molecule has 1 N–H and O–H groups in total. The van der Waals surface area contributed by atoms with E-state index in [0.29, 0.717) is 24.7 Å². The number of hydrogen-bond acceptors (Lipinski definition) is 7. The molecule has 9 heteroatoms. The highest BCUT2D eigenvalue weighted by Crippen LogP contribution is 2.23. The van der Waals surface area contributed by atoms with Gasteiger partial charge in [-0.25, -0.2) is 4.68 Å². The second-order valence-electron chi connectivity index (χ2n) is 6.81. The smallest absolute Gasteiger partial charge is 0.267 e. The number of nitrogens with zero attached hydrogens (tertiary/aromatic N) is 6. The van der Waals surface area contributed by atoms with Gasteiger partial charge in [0.25, 0.3) is 5.56 Å². The lowest BCUT2D eigenvalue weighted by Crippen LogP contribution is -2.38. The Morgan fingerprint density at radius 3 is 3.04 bits per heavy atom. The summed E-state index contributed by atoms with van der Waals surface area (Å²) in [5, 5.41) is 20.3. The summed E-state index contributed by atoms with van der Waals surface area (Å²) in [4.78, 5) is 12.6. The van der Waals surface area contributed by atoms with Gasteiger partial charge >= 0.3 is 0 Å². The third kappa shape index (κ3) is 2.64. The fourth-order valence-corrected chi connectivity index (χ4v) is 3.73. The highest BCUT2D eigenvalue weighted by molar-refractivity contribution is 5.43. The van der Waals surface area contributed by atoms with Crippen molar-refractivity contribution in [2.45, 2.75) is 37.8 Å². The lowest BCUT2D eigenvalue weighted by atomic mass is 9.97. The standard InChI is InChI=1S/C17H19N7O2/c25-17-7-11-3-1-2-4-12(11)21-24(17)14-9-26-8-13(14)19-15-5-6-16-20-18-10-23(16)22-15/h5-7,10,13-14H,1-4,8-9H2,(H,19,22). The first-order valence-electron chi connectivity index (χ1n) is 8.91. The van der Waals surface area contributed by atoms with E-state index in [2.05, 4.69) is 25.7 Å². The van der Waals surface area contributed by atoms with Gasteiger partial charge in [-0.05, 0) is 43.4 Å². The molecule has 1 aliphatic carbocycles. The van der Waals surface area contributed by atoms with Crippen molar-refractivity contribution in [2.24, 2.45) is 0 Å². The maximum absolute atomic E-state index is 12.6. The topological polar surface area (TPSA) is 99.2 Å². The Bertz CT molecular complexity index is 1010. The van der Waals surface area contributed by atoms with Gasteiger partial charge in [0.2, 0.25) is 0 Å². The Hall–Kier alpha value is -2.81. The zero-order valence-electron chi connectivity index (χ0n) is 14.2. The molecule has 3 aromatic rings. The van der Waals surface area contributed by atoms with Crippen LogP contribution in [0.2, 0.25) is 0 Å². The van der Waals surface area contributed by atoms with Crippen LogP contribution in [0.4, 0.5) is 5.82 Å². The number of ether oxygens (including phenoxy) is 1. The molecular weight excluding hydrogens is 334 g/mol. The Kier molecular flexibility index (Phi) is 3.66. The Labute approximate surface area is 149 Å². The van der Waals surface area contributed by atoms with Gasteiger partial charge in [-0.3, -0.25) is 4.79 Å². The second-order valence-corrected chi connectivity index (χ2v) is 6.81. The number of aryl methyl sites for hydroxylation is 2. The summed E-state index contributed by atoms with van der Waals surface area (Å²) >= 11 is 0. The molecule has 5 rings (SSSR count). The number of aromatic nitrogens is 6. The van der Waals surface area contributed by atoms with Gasteiger partial charge in [0.1, 0.15) is 18.2 Å². The van der Waals surface area contributed by atoms with E-state index in [9.17, 15) is 4.79 Å². The fourth-order valence-electron chi connectivity index (χ4n) is 3.73. The van der Waals surface area contributed by atoms with Crippen molar-refractivity contribution in [3.63, 3.8) is 0 Å². The molecule has 0 spiro atoms. The summed E-state index contributed by atoms with van der Waals surface area (Å²) in [6.45, 7) is 0.954. The minimum absolute atomic E-state index is 0.0600. The van der Waals surface area contributed by atoms with Crippen molar-refractivity contribution in [3.05, 3.63) is 46.1 Å². The maximum atomic E-state index is 12.6. The molecule has 2 atom stereocenters. The van der Waals surface area contributed by atoms with E-state index in [1.165, 1.54) is 0 Å². The average molecular weight is 353 g/mol. The molecule has 9 nitrogen and oxygen atoms in total. The van der Waals surface area contributed by atoms with E-state index in [-0.39, 0.29) is 17.6 Å². The minimum Gasteiger partial charge on any atom is -0.377 e. The van der Waals surface area contributed by atoms with Crippen LogP contribution >= 0.6 is 0 Å². The van der Waals surface area contributed by atoms with E-state index < -0.39 is 0 Å². The molecule has 0 saturated carbocycles. The zero-order chi connectivity index (χ0) is 17.5. The third-order valence-electron chi connectivity index (χ3n) is 5.09. The molecule has 0 radical (unpaired) electrons. The van der Waals surface area contributed by atoms with Gasteiger partial charge < -0.3 is 10.1 Å². The van der Waals surface area contributed by atoms with Crippen molar-refractivity contribution < 1.29 is 4.74 Å². The van der Waals surface area contributed by atoms with Crippen LogP contribution < -0.4 is 10.9 Å². The number of rotatable bonds is 3. The average Bonchev–Trinajstić information content (AvgIpc) is 3.30. The number of hydrogen-bond donors (Lipinski definition) is 1. The molecule has 1 saturated heterocycles. The van der Waals surface area contributed by atoms with E-state index in [0.717, 1.165) is 36.9 Å². The van der Waals surface area contributed by atoms with Crippen molar-refractivity contribution >= 4 is 11.5 Å². The molecule has 3 aromatic heterocycles. The summed E-state index contributed by atoms with van der Waals surface area (Å²) < 4.78 is 8.84. The van der Waals surface area contributed by atoms with Gasteiger partial charge in [0.05, 0.1) is 24.9 Å². The summed E-state index contributed by atoms with van der Waals surface area (Å²) in [6.07, 6.45) is 5.70. The molecule has 1 aliphatic heterocycles. The van der Waals surface area contributed by atoms with Crippen molar-refractivity contribution in [2.75, 3.05) is 18.5 Å². The monoisotopic (exact) mass is 353 g/mol.